The van der Waals surface area contributed by atoms with Gasteiger partial charge in [0, 0.05) is 10.9 Å². The van der Waals surface area contributed by atoms with Crippen LogP contribution >= 0.6 is 11.3 Å². The van der Waals surface area contributed by atoms with Crippen LogP contribution in [0.4, 0.5) is 5.95 Å². The lowest BCUT2D eigenvalue weighted by atomic mass is 10.0. The van der Waals surface area contributed by atoms with E-state index in [2.05, 4.69) is 9.97 Å². The summed E-state index contributed by atoms with van der Waals surface area (Å²) in [6, 6.07) is 8.83. The molecular formula is C17H15N3O3S. The average Bonchev–Trinajstić information content (AvgIpc) is 2.98. The maximum absolute atomic E-state index is 12.9. The SMILES string of the molecule is CCOC(=O)c1cc2c(C(=O)c3ccccc3C)nc(N)nc2s1. The predicted molar refractivity (Wildman–Crippen MR) is 92.4 cm³/mol. The third kappa shape index (κ3) is 2.85. The number of nitrogens with zero attached hydrogens (tertiary/aromatic N) is 2. The van der Waals surface area contributed by atoms with Crippen molar-refractivity contribution in [3.05, 3.63) is 52.0 Å². The summed E-state index contributed by atoms with van der Waals surface area (Å²) in [6.07, 6.45) is 0. The van der Waals surface area contributed by atoms with Crippen molar-refractivity contribution in [2.75, 3.05) is 12.3 Å². The van der Waals surface area contributed by atoms with E-state index in [1.54, 1.807) is 25.1 Å². The Labute approximate surface area is 142 Å². The normalized spacial score (nSPS) is 10.8. The Bertz CT molecular complexity index is 949. The molecule has 0 aliphatic rings. The number of fused-ring (bicyclic) bond motifs is 1. The van der Waals surface area contributed by atoms with Gasteiger partial charge in [-0.15, -0.1) is 11.3 Å². The lowest BCUT2D eigenvalue weighted by molar-refractivity contribution is 0.0532. The molecular weight excluding hydrogens is 326 g/mol. The number of hydrogen-bond donors (Lipinski definition) is 1. The molecule has 0 amide bonds. The number of anilines is 1. The molecule has 122 valence electrons. The maximum Gasteiger partial charge on any atom is 0.348 e. The zero-order valence-corrected chi connectivity index (χ0v) is 14.0. The van der Waals surface area contributed by atoms with Crippen LogP contribution in [0.2, 0.25) is 0 Å². The quantitative estimate of drug-likeness (QED) is 0.579. The lowest BCUT2D eigenvalue weighted by Gasteiger charge is -2.05. The van der Waals surface area contributed by atoms with Gasteiger partial charge in [0.1, 0.15) is 15.4 Å². The van der Waals surface area contributed by atoms with Crippen LogP contribution < -0.4 is 5.73 Å². The molecule has 0 saturated carbocycles. The standard InChI is InChI=1S/C17H15N3O3S/c1-3-23-16(22)12-8-11-13(19-17(18)20-15(11)24-12)14(21)10-7-5-4-6-9(10)2/h4-8H,3H2,1-2H3,(H2,18,19,20). The van der Waals surface area contributed by atoms with Crippen LogP contribution in [-0.4, -0.2) is 28.3 Å². The minimum Gasteiger partial charge on any atom is -0.462 e. The van der Waals surface area contributed by atoms with Gasteiger partial charge in [0.2, 0.25) is 11.7 Å². The molecule has 7 heteroatoms. The van der Waals surface area contributed by atoms with Gasteiger partial charge in [-0.1, -0.05) is 24.3 Å². The Morgan fingerprint density at radius 1 is 1.25 bits per heavy atom. The van der Waals surface area contributed by atoms with Gasteiger partial charge in [-0.25, -0.2) is 14.8 Å². The highest BCUT2D eigenvalue weighted by Gasteiger charge is 2.21. The fourth-order valence-corrected chi connectivity index (χ4v) is 3.30. The number of carbonyl (C=O) groups excluding carboxylic acids is 2. The van der Waals surface area contributed by atoms with Gasteiger partial charge in [-0.3, -0.25) is 4.79 Å². The highest BCUT2D eigenvalue weighted by Crippen LogP contribution is 2.29. The molecule has 0 fully saturated rings. The summed E-state index contributed by atoms with van der Waals surface area (Å²) in [4.78, 5) is 33.9. The van der Waals surface area contributed by atoms with E-state index in [0.717, 1.165) is 16.9 Å². The molecule has 0 saturated heterocycles. The molecule has 1 aromatic carbocycles. The molecule has 2 heterocycles. The predicted octanol–water partition coefficient (Wildman–Crippen LogP) is 2.99. The molecule has 0 atom stereocenters. The minimum atomic E-state index is -0.451. The Kier molecular flexibility index (Phi) is 4.26. The van der Waals surface area contributed by atoms with Crippen molar-refractivity contribution in [3.63, 3.8) is 0 Å². The summed E-state index contributed by atoms with van der Waals surface area (Å²) in [6.45, 7) is 3.86. The van der Waals surface area contributed by atoms with Crippen LogP contribution in [-0.2, 0) is 4.74 Å². The largest absolute Gasteiger partial charge is 0.462 e. The van der Waals surface area contributed by atoms with Crippen molar-refractivity contribution < 1.29 is 14.3 Å². The van der Waals surface area contributed by atoms with E-state index in [0.29, 0.717) is 20.7 Å². The number of rotatable bonds is 4. The third-order valence-corrected chi connectivity index (χ3v) is 4.50. The van der Waals surface area contributed by atoms with E-state index in [1.807, 2.05) is 19.1 Å². The highest BCUT2D eigenvalue weighted by molar-refractivity contribution is 7.20. The number of benzene rings is 1. The molecule has 0 aliphatic carbocycles. The molecule has 0 radical (unpaired) electrons. The number of nitrogen functional groups attached to an aromatic ring is 1. The van der Waals surface area contributed by atoms with E-state index in [1.165, 1.54) is 0 Å². The third-order valence-electron chi connectivity index (χ3n) is 3.49. The van der Waals surface area contributed by atoms with Crippen molar-refractivity contribution in [2.24, 2.45) is 0 Å². The Hall–Kier alpha value is -2.80. The molecule has 0 spiro atoms. The van der Waals surface area contributed by atoms with E-state index in [4.69, 9.17) is 10.5 Å². The second-order valence-electron chi connectivity index (χ2n) is 5.12. The van der Waals surface area contributed by atoms with Crippen LogP contribution in [0, 0.1) is 6.92 Å². The Balaban J connectivity index is 2.15. The number of carbonyl (C=O) groups is 2. The topological polar surface area (TPSA) is 95.2 Å². The summed E-state index contributed by atoms with van der Waals surface area (Å²) in [5.41, 5.74) is 7.32. The first kappa shape index (κ1) is 16.1. The smallest absolute Gasteiger partial charge is 0.348 e. The van der Waals surface area contributed by atoms with Gasteiger partial charge in [0.25, 0.3) is 0 Å². The van der Waals surface area contributed by atoms with Gasteiger partial charge >= 0.3 is 5.97 Å². The van der Waals surface area contributed by atoms with Gasteiger partial charge in [0.05, 0.1) is 6.61 Å². The van der Waals surface area contributed by atoms with E-state index >= 15 is 0 Å². The first-order valence-corrected chi connectivity index (χ1v) is 8.17. The summed E-state index contributed by atoms with van der Waals surface area (Å²) >= 11 is 1.13. The van der Waals surface area contributed by atoms with Crippen LogP contribution in [0.5, 0.6) is 0 Å². The number of esters is 1. The van der Waals surface area contributed by atoms with Gasteiger partial charge in [-0.2, -0.15) is 0 Å². The van der Waals surface area contributed by atoms with Gasteiger partial charge in [-0.05, 0) is 25.5 Å². The van der Waals surface area contributed by atoms with E-state index < -0.39 is 5.97 Å². The van der Waals surface area contributed by atoms with Gasteiger partial charge in [0.15, 0.2) is 0 Å². The zero-order chi connectivity index (χ0) is 17.3. The van der Waals surface area contributed by atoms with Crippen molar-refractivity contribution in [1.29, 1.82) is 0 Å². The summed E-state index contributed by atoms with van der Waals surface area (Å²) in [7, 11) is 0. The van der Waals surface area contributed by atoms with Crippen molar-refractivity contribution in [1.82, 2.24) is 9.97 Å². The Morgan fingerprint density at radius 3 is 2.71 bits per heavy atom. The number of ether oxygens (including phenoxy) is 1. The second-order valence-corrected chi connectivity index (χ2v) is 6.16. The fourth-order valence-electron chi connectivity index (χ4n) is 2.37. The molecule has 24 heavy (non-hydrogen) atoms. The van der Waals surface area contributed by atoms with Crippen LogP contribution in [0.15, 0.2) is 30.3 Å². The molecule has 3 aromatic rings. The average molecular weight is 341 g/mol. The van der Waals surface area contributed by atoms with Gasteiger partial charge < -0.3 is 10.5 Å². The minimum absolute atomic E-state index is 0.00306. The summed E-state index contributed by atoms with van der Waals surface area (Å²) < 4.78 is 5.00. The van der Waals surface area contributed by atoms with E-state index in [-0.39, 0.29) is 24.0 Å². The fraction of sp³-hybridized carbons (Fsp3) is 0.176. The molecule has 0 aliphatic heterocycles. The zero-order valence-electron chi connectivity index (χ0n) is 13.2. The molecule has 6 nitrogen and oxygen atoms in total. The van der Waals surface area contributed by atoms with Crippen molar-refractivity contribution >= 4 is 39.3 Å². The van der Waals surface area contributed by atoms with Crippen molar-refractivity contribution in [3.8, 4) is 0 Å². The second kappa shape index (κ2) is 6.37. The van der Waals surface area contributed by atoms with Crippen LogP contribution in [0.25, 0.3) is 10.2 Å². The monoisotopic (exact) mass is 341 g/mol. The first-order valence-electron chi connectivity index (χ1n) is 7.35. The van der Waals surface area contributed by atoms with Crippen LogP contribution in [0.3, 0.4) is 0 Å². The first-order chi connectivity index (χ1) is 11.5. The lowest BCUT2D eigenvalue weighted by Crippen LogP contribution is -2.09. The maximum atomic E-state index is 12.9. The molecule has 2 aromatic heterocycles. The number of ketones is 1. The summed E-state index contributed by atoms with van der Waals surface area (Å²) in [5, 5.41) is 0.505. The van der Waals surface area contributed by atoms with Crippen LogP contribution in [0.1, 0.15) is 38.2 Å². The van der Waals surface area contributed by atoms with Crippen molar-refractivity contribution in [2.45, 2.75) is 13.8 Å². The highest BCUT2D eigenvalue weighted by atomic mass is 32.1. The number of thiophene rings is 1. The molecule has 0 bridgehead atoms. The molecule has 3 rings (SSSR count). The number of nitrogens with two attached hydrogens (primary N) is 1. The number of aromatic nitrogens is 2. The van der Waals surface area contributed by atoms with E-state index in [9.17, 15) is 9.59 Å². The number of hydrogen-bond acceptors (Lipinski definition) is 7. The molecule has 2 N–H and O–H groups in total. The Morgan fingerprint density at radius 2 is 2.00 bits per heavy atom. The summed E-state index contributed by atoms with van der Waals surface area (Å²) in [5.74, 6) is -0.703. The number of aryl methyl sites for hydroxylation is 1. The molecule has 0 unspecified atom stereocenters.